The Balaban J connectivity index is 2.51. The Labute approximate surface area is 98.5 Å². The third kappa shape index (κ3) is 2.20. The molecule has 0 atom stereocenters. The fourth-order valence-corrected chi connectivity index (χ4v) is 1.90. The molecule has 0 unspecified atom stereocenters. The van der Waals surface area contributed by atoms with Gasteiger partial charge in [0.2, 0.25) is 0 Å². The fourth-order valence-electron chi connectivity index (χ4n) is 1.90. The first kappa shape index (κ1) is 11.4. The number of aromatic nitrogens is 1. The van der Waals surface area contributed by atoms with Crippen LogP contribution < -0.4 is 0 Å². The molecule has 1 N–H and O–H groups in total. The lowest BCUT2D eigenvalue weighted by molar-refractivity contribution is -0.117. The van der Waals surface area contributed by atoms with Gasteiger partial charge in [0.25, 0.3) is 0 Å². The summed E-state index contributed by atoms with van der Waals surface area (Å²) in [5, 5.41) is 10.0. The fraction of sp³-hybridized carbons (Fsp3) is 0.231. The van der Waals surface area contributed by atoms with Gasteiger partial charge in [-0.2, -0.15) is 0 Å². The number of carboxylic acids is 1. The number of carbonyl (C=O) groups is 2. The minimum Gasteiger partial charge on any atom is -0.477 e. The third-order valence-electron chi connectivity index (χ3n) is 2.72. The molecule has 2 rings (SSSR count). The van der Waals surface area contributed by atoms with E-state index in [1.54, 1.807) is 10.6 Å². The van der Waals surface area contributed by atoms with E-state index in [4.69, 9.17) is 5.11 Å². The van der Waals surface area contributed by atoms with Crippen molar-refractivity contribution in [2.75, 3.05) is 0 Å². The molecule has 0 fully saturated rings. The van der Waals surface area contributed by atoms with Crippen molar-refractivity contribution in [3.05, 3.63) is 36.0 Å². The Morgan fingerprint density at radius 1 is 1.29 bits per heavy atom. The second-order valence-corrected chi connectivity index (χ2v) is 4.00. The van der Waals surface area contributed by atoms with Crippen molar-refractivity contribution >= 4 is 22.7 Å². The molecule has 4 nitrogen and oxygen atoms in total. The maximum absolute atomic E-state index is 11.1. The van der Waals surface area contributed by atoms with Crippen LogP contribution >= 0.6 is 0 Å². The van der Waals surface area contributed by atoms with Crippen molar-refractivity contribution < 1.29 is 14.7 Å². The Hall–Kier alpha value is -2.10. The molecule has 88 valence electrons. The van der Waals surface area contributed by atoms with E-state index in [1.165, 1.54) is 6.92 Å². The third-order valence-corrected chi connectivity index (χ3v) is 2.72. The molecule has 0 aliphatic carbocycles. The monoisotopic (exact) mass is 231 g/mol. The number of nitrogens with zero attached hydrogens (tertiary/aromatic N) is 1. The van der Waals surface area contributed by atoms with Crippen molar-refractivity contribution in [1.29, 1.82) is 0 Å². The van der Waals surface area contributed by atoms with E-state index >= 15 is 0 Å². The molecule has 0 radical (unpaired) electrons. The highest BCUT2D eigenvalue weighted by molar-refractivity contribution is 5.94. The van der Waals surface area contributed by atoms with Gasteiger partial charge in [0, 0.05) is 23.9 Å². The van der Waals surface area contributed by atoms with Crippen LogP contribution in [-0.2, 0) is 11.3 Å². The average molecular weight is 231 g/mol. The van der Waals surface area contributed by atoms with Crippen LogP contribution in [0.4, 0.5) is 0 Å². The Kier molecular flexibility index (Phi) is 2.95. The van der Waals surface area contributed by atoms with Gasteiger partial charge in [0.15, 0.2) is 0 Å². The van der Waals surface area contributed by atoms with Crippen molar-refractivity contribution in [3.8, 4) is 0 Å². The molecular weight excluding hydrogens is 218 g/mol. The molecule has 0 aliphatic rings. The van der Waals surface area contributed by atoms with Gasteiger partial charge in [-0.1, -0.05) is 18.2 Å². The molecule has 0 aliphatic heterocycles. The van der Waals surface area contributed by atoms with Crippen molar-refractivity contribution in [1.82, 2.24) is 4.57 Å². The predicted octanol–water partition coefficient (Wildman–Crippen LogP) is 2.32. The van der Waals surface area contributed by atoms with E-state index in [9.17, 15) is 9.59 Å². The Bertz CT molecular complexity index is 583. The second kappa shape index (κ2) is 4.41. The summed E-state index contributed by atoms with van der Waals surface area (Å²) in [4.78, 5) is 22.1. The molecular formula is C13H13NO3. The first-order valence-electron chi connectivity index (χ1n) is 5.40. The Morgan fingerprint density at radius 2 is 2.00 bits per heavy atom. The number of hydrogen-bond acceptors (Lipinski definition) is 2. The van der Waals surface area contributed by atoms with Crippen LogP contribution in [0.2, 0.25) is 0 Å². The maximum Gasteiger partial charge on any atom is 0.352 e. The van der Waals surface area contributed by atoms with Crippen LogP contribution in [0.25, 0.3) is 10.9 Å². The number of fused-ring (bicyclic) bond motifs is 1. The quantitative estimate of drug-likeness (QED) is 0.878. The number of benzene rings is 1. The van der Waals surface area contributed by atoms with Gasteiger partial charge >= 0.3 is 5.97 Å². The van der Waals surface area contributed by atoms with Crippen LogP contribution in [0.3, 0.4) is 0 Å². The summed E-state index contributed by atoms with van der Waals surface area (Å²) < 4.78 is 1.68. The summed E-state index contributed by atoms with van der Waals surface area (Å²) in [7, 11) is 0. The first-order valence-corrected chi connectivity index (χ1v) is 5.40. The average Bonchev–Trinajstić information content (AvgIpc) is 2.65. The van der Waals surface area contributed by atoms with Gasteiger partial charge in [0.1, 0.15) is 11.5 Å². The number of para-hydroxylation sites is 1. The molecule has 1 aromatic heterocycles. The summed E-state index contributed by atoms with van der Waals surface area (Å²) in [5.41, 5.74) is 1.08. The summed E-state index contributed by atoms with van der Waals surface area (Å²) >= 11 is 0. The van der Waals surface area contributed by atoms with Crippen molar-refractivity contribution in [2.45, 2.75) is 19.9 Å². The molecule has 1 aromatic carbocycles. The van der Waals surface area contributed by atoms with Crippen LogP contribution in [-0.4, -0.2) is 21.4 Å². The number of hydrogen-bond donors (Lipinski definition) is 1. The number of Topliss-reactive ketones (excluding diaryl/α,β-unsaturated/α-hetero) is 1. The number of aromatic carboxylic acids is 1. The number of carboxylic acid groups (broad SMARTS) is 1. The molecule has 1 heterocycles. The van der Waals surface area contributed by atoms with Crippen LogP contribution in [0.5, 0.6) is 0 Å². The van der Waals surface area contributed by atoms with E-state index in [1.807, 2.05) is 24.3 Å². The summed E-state index contributed by atoms with van der Waals surface area (Å²) in [5.74, 6) is -0.913. The minimum absolute atomic E-state index is 0.0547. The lowest BCUT2D eigenvalue weighted by atomic mass is 10.2. The standard InChI is InChI=1S/C13H13NO3/c1-9(15)6-7-14-11-5-3-2-4-10(11)8-12(14)13(16)17/h2-5,8H,6-7H2,1H3,(H,16,17). The van der Waals surface area contributed by atoms with Gasteiger partial charge in [-0.05, 0) is 19.1 Å². The topological polar surface area (TPSA) is 59.3 Å². The zero-order valence-corrected chi connectivity index (χ0v) is 9.51. The van der Waals surface area contributed by atoms with E-state index < -0.39 is 5.97 Å². The molecule has 0 bridgehead atoms. The molecule has 2 aromatic rings. The van der Waals surface area contributed by atoms with E-state index in [-0.39, 0.29) is 11.5 Å². The van der Waals surface area contributed by atoms with E-state index in [0.29, 0.717) is 13.0 Å². The largest absolute Gasteiger partial charge is 0.477 e. The zero-order valence-electron chi connectivity index (χ0n) is 9.51. The number of ketones is 1. The lowest BCUT2D eigenvalue weighted by Gasteiger charge is -2.06. The first-order chi connectivity index (χ1) is 8.09. The van der Waals surface area contributed by atoms with Gasteiger partial charge in [0.05, 0.1) is 0 Å². The summed E-state index contributed by atoms with van der Waals surface area (Å²) in [6.45, 7) is 1.91. The highest BCUT2D eigenvalue weighted by Crippen LogP contribution is 2.20. The van der Waals surface area contributed by atoms with Gasteiger partial charge in [-0.3, -0.25) is 4.79 Å². The normalized spacial score (nSPS) is 10.6. The lowest BCUT2D eigenvalue weighted by Crippen LogP contribution is -2.10. The molecule has 0 amide bonds. The smallest absolute Gasteiger partial charge is 0.352 e. The van der Waals surface area contributed by atoms with E-state index in [2.05, 4.69) is 0 Å². The highest BCUT2D eigenvalue weighted by atomic mass is 16.4. The zero-order chi connectivity index (χ0) is 12.4. The minimum atomic E-state index is -0.968. The van der Waals surface area contributed by atoms with Gasteiger partial charge < -0.3 is 9.67 Å². The maximum atomic E-state index is 11.1. The number of carbonyl (C=O) groups excluding carboxylic acids is 1. The van der Waals surface area contributed by atoms with Crippen LogP contribution in [0, 0.1) is 0 Å². The van der Waals surface area contributed by atoms with Crippen LogP contribution in [0.15, 0.2) is 30.3 Å². The van der Waals surface area contributed by atoms with Crippen molar-refractivity contribution in [2.24, 2.45) is 0 Å². The SMILES string of the molecule is CC(=O)CCn1c(C(=O)O)cc2ccccc21. The predicted molar refractivity (Wildman–Crippen MR) is 64.2 cm³/mol. The van der Waals surface area contributed by atoms with Gasteiger partial charge in [-0.25, -0.2) is 4.79 Å². The van der Waals surface area contributed by atoms with E-state index in [0.717, 1.165) is 10.9 Å². The van der Waals surface area contributed by atoms with Crippen LogP contribution in [0.1, 0.15) is 23.8 Å². The van der Waals surface area contributed by atoms with Crippen molar-refractivity contribution in [3.63, 3.8) is 0 Å². The highest BCUT2D eigenvalue weighted by Gasteiger charge is 2.14. The summed E-state index contributed by atoms with van der Waals surface area (Å²) in [6.07, 6.45) is 0.346. The molecule has 0 spiro atoms. The molecule has 4 heteroatoms. The number of aryl methyl sites for hydroxylation is 1. The number of rotatable bonds is 4. The van der Waals surface area contributed by atoms with Gasteiger partial charge in [-0.15, -0.1) is 0 Å². The molecule has 0 saturated carbocycles. The molecule has 17 heavy (non-hydrogen) atoms. The second-order valence-electron chi connectivity index (χ2n) is 4.00. The Morgan fingerprint density at radius 3 is 2.65 bits per heavy atom. The summed E-state index contributed by atoms with van der Waals surface area (Å²) in [6, 6.07) is 9.09. The molecule has 0 saturated heterocycles.